The van der Waals surface area contributed by atoms with Crippen molar-refractivity contribution in [2.75, 3.05) is 13.6 Å². The predicted octanol–water partition coefficient (Wildman–Crippen LogP) is 13.4. The fourth-order valence-corrected chi connectivity index (χ4v) is 7.72. The van der Waals surface area contributed by atoms with E-state index in [1.165, 1.54) is 128 Å². The summed E-state index contributed by atoms with van der Waals surface area (Å²) in [5.74, 6) is -0.274. The average molecular weight is 823 g/mol. The molecule has 294 valence electrons. The summed E-state index contributed by atoms with van der Waals surface area (Å²) in [6.07, 6.45) is 52.3. The largest absolute Gasteiger partial charge is 0.353 e. The Hall–Kier alpha value is -0.960. The van der Waals surface area contributed by atoms with Crippen LogP contribution in [0.1, 0.15) is 194 Å². The van der Waals surface area contributed by atoms with Gasteiger partial charge in [0, 0.05) is 54.7 Å². The molecule has 1 heterocycles. The number of hydrogen-bond donors (Lipinski definition) is 1. The summed E-state index contributed by atoms with van der Waals surface area (Å²) >= 11 is 2.23. The molecule has 5 nitrogen and oxygen atoms in total. The number of carbonyl (C=O) groups excluding carboxylic acids is 1. The van der Waals surface area contributed by atoms with E-state index in [1.54, 1.807) is 0 Å². The standard InChI is InChI=1S/C45H79IN2O3/c1-4-6-8-10-12-14-16-18-20-22-24-26-28-30-32-34-37-45(36-33-31-29-27-25-23-21-19-17-15-13-11-9-7-5-2)50-42-39-41(40-43(42)51-45)47-44(49)35-38-48(3)46/h6,8,12,14,17-20,41-43H,4-5,7,9-11,13,15-16,21-40H2,1-3H3,(H,47,49)/b8-6-,14-12-,19-17-,20-18-/t41?,42-,43+,45?. The molecule has 1 saturated heterocycles. The van der Waals surface area contributed by atoms with Gasteiger partial charge >= 0.3 is 0 Å². The molecular formula is C45H79IN2O3. The molecule has 2 aliphatic rings. The minimum Gasteiger partial charge on any atom is -0.353 e. The quantitative estimate of drug-likeness (QED) is 0.0310. The third-order valence-corrected chi connectivity index (χ3v) is 11.0. The van der Waals surface area contributed by atoms with Gasteiger partial charge in [-0.3, -0.25) is 7.91 Å². The highest BCUT2D eigenvalue weighted by molar-refractivity contribution is 14.1. The Bertz CT molecular complexity index is 947. The van der Waals surface area contributed by atoms with Crippen LogP contribution in [0.3, 0.4) is 0 Å². The molecule has 1 saturated carbocycles. The molecule has 2 unspecified atom stereocenters. The minimum atomic E-state index is -0.416. The Morgan fingerprint density at radius 1 is 0.647 bits per heavy atom. The van der Waals surface area contributed by atoms with Crippen LogP contribution in [-0.2, 0) is 14.3 Å². The summed E-state index contributed by atoms with van der Waals surface area (Å²) in [6, 6.07) is 0.171. The van der Waals surface area contributed by atoms with Crippen molar-refractivity contribution in [3.05, 3.63) is 48.6 Å². The smallest absolute Gasteiger partial charge is 0.221 e. The first kappa shape index (κ1) is 46.2. The fraction of sp³-hybridized carbons (Fsp3) is 0.800. The lowest BCUT2D eigenvalue weighted by Crippen LogP contribution is -2.37. The van der Waals surface area contributed by atoms with E-state index in [0.29, 0.717) is 6.42 Å². The fourth-order valence-electron chi connectivity index (χ4n) is 7.48. The molecule has 4 atom stereocenters. The van der Waals surface area contributed by atoms with Crippen LogP contribution in [-0.4, -0.2) is 46.6 Å². The number of unbranched alkanes of at least 4 members (excludes halogenated alkanes) is 17. The van der Waals surface area contributed by atoms with Gasteiger partial charge in [0.05, 0.1) is 12.2 Å². The van der Waals surface area contributed by atoms with Crippen LogP contribution in [0.5, 0.6) is 0 Å². The van der Waals surface area contributed by atoms with Gasteiger partial charge in [-0.1, -0.05) is 140 Å². The number of halogens is 1. The Morgan fingerprint density at radius 2 is 1.08 bits per heavy atom. The molecule has 51 heavy (non-hydrogen) atoms. The number of carbonyl (C=O) groups is 1. The first-order valence-electron chi connectivity index (χ1n) is 21.6. The lowest BCUT2D eigenvalue weighted by Gasteiger charge is -2.30. The zero-order valence-electron chi connectivity index (χ0n) is 33.4. The number of allylic oxidation sites excluding steroid dienone is 8. The summed E-state index contributed by atoms with van der Waals surface area (Å²) in [6.45, 7) is 5.23. The maximum Gasteiger partial charge on any atom is 0.221 e. The number of nitrogens with one attached hydrogen (secondary N) is 1. The van der Waals surface area contributed by atoms with Crippen LogP contribution >= 0.6 is 22.9 Å². The highest BCUT2D eigenvalue weighted by Gasteiger charge is 2.51. The maximum atomic E-state index is 12.5. The summed E-state index contributed by atoms with van der Waals surface area (Å²) in [7, 11) is 2.00. The SMILES string of the molecule is CC/C=C\C/C=C\C/C=C\CCCCCCCCC1(CCCCCCCC/C=C\CCCCCCC)O[C@H]2CC(NC(=O)CCN(C)I)C[C@H]2O1. The van der Waals surface area contributed by atoms with Gasteiger partial charge in [0.1, 0.15) is 0 Å². The minimum absolute atomic E-state index is 0.119. The molecule has 0 spiro atoms. The highest BCUT2D eigenvalue weighted by atomic mass is 127. The second-order valence-electron chi connectivity index (χ2n) is 15.3. The summed E-state index contributed by atoms with van der Waals surface area (Å²) in [5.41, 5.74) is 0. The molecule has 0 aromatic carbocycles. The Morgan fingerprint density at radius 3 is 1.57 bits per heavy atom. The van der Waals surface area contributed by atoms with Crippen molar-refractivity contribution in [3.8, 4) is 0 Å². The van der Waals surface area contributed by atoms with Crippen LogP contribution in [0.25, 0.3) is 0 Å². The lowest BCUT2D eigenvalue weighted by molar-refractivity contribution is -0.191. The van der Waals surface area contributed by atoms with Gasteiger partial charge in [-0.15, -0.1) is 0 Å². The predicted molar refractivity (Wildman–Crippen MR) is 228 cm³/mol. The molecular weight excluding hydrogens is 743 g/mol. The molecule has 2 rings (SSSR count). The first-order chi connectivity index (χ1) is 25.0. The van der Waals surface area contributed by atoms with Crippen molar-refractivity contribution in [2.24, 2.45) is 0 Å². The van der Waals surface area contributed by atoms with Gasteiger partial charge in [0.15, 0.2) is 5.79 Å². The topological polar surface area (TPSA) is 50.8 Å². The van der Waals surface area contributed by atoms with E-state index in [0.717, 1.165) is 51.5 Å². The van der Waals surface area contributed by atoms with Gasteiger partial charge in [-0.05, 0) is 90.5 Å². The molecule has 0 radical (unpaired) electrons. The maximum absolute atomic E-state index is 12.5. The molecule has 0 aromatic heterocycles. The number of nitrogens with zero attached hydrogens (tertiary/aromatic N) is 1. The number of amides is 1. The molecule has 1 aliphatic carbocycles. The van der Waals surface area contributed by atoms with Crippen LogP contribution in [0, 0.1) is 0 Å². The van der Waals surface area contributed by atoms with E-state index in [1.807, 2.05) is 10.2 Å². The van der Waals surface area contributed by atoms with E-state index in [4.69, 9.17) is 9.47 Å². The molecule has 1 aliphatic heterocycles. The van der Waals surface area contributed by atoms with Crippen molar-refractivity contribution in [1.82, 2.24) is 8.43 Å². The third kappa shape index (κ3) is 24.1. The van der Waals surface area contributed by atoms with Crippen molar-refractivity contribution in [3.63, 3.8) is 0 Å². The van der Waals surface area contributed by atoms with Gasteiger partial charge in [-0.25, -0.2) is 0 Å². The molecule has 2 fully saturated rings. The van der Waals surface area contributed by atoms with Crippen molar-refractivity contribution >= 4 is 28.8 Å². The van der Waals surface area contributed by atoms with E-state index < -0.39 is 5.79 Å². The summed E-state index contributed by atoms with van der Waals surface area (Å²) < 4.78 is 15.7. The Labute approximate surface area is 329 Å². The summed E-state index contributed by atoms with van der Waals surface area (Å²) in [5, 5.41) is 3.25. The first-order valence-corrected chi connectivity index (χ1v) is 22.6. The number of rotatable bonds is 33. The Balaban J connectivity index is 1.64. The van der Waals surface area contributed by atoms with E-state index >= 15 is 0 Å². The van der Waals surface area contributed by atoms with Crippen LogP contribution in [0.4, 0.5) is 0 Å². The van der Waals surface area contributed by atoms with Crippen LogP contribution in [0.2, 0.25) is 0 Å². The lowest BCUT2D eigenvalue weighted by atomic mass is 9.98. The second-order valence-corrected chi connectivity index (χ2v) is 17.0. The van der Waals surface area contributed by atoms with E-state index in [9.17, 15) is 4.79 Å². The molecule has 1 N–H and O–H groups in total. The van der Waals surface area contributed by atoms with Gasteiger partial charge in [-0.2, -0.15) is 0 Å². The normalized spacial score (nSPS) is 22.2. The van der Waals surface area contributed by atoms with Crippen molar-refractivity contribution < 1.29 is 14.3 Å². The van der Waals surface area contributed by atoms with Crippen molar-refractivity contribution in [2.45, 2.75) is 218 Å². The summed E-state index contributed by atoms with van der Waals surface area (Å²) in [4.78, 5) is 12.5. The molecule has 1 amide bonds. The average Bonchev–Trinajstić information content (AvgIpc) is 3.64. The highest BCUT2D eigenvalue weighted by Crippen LogP contribution is 2.44. The molecule has 0 bridgehead atoms. The van der Waals surface area contributed by atoms with Gasteiger partial charge in [0.2, 0.25) is 5.91 Å². The Kier molecular flexibility index (Phi) is 28.4. The zero-order chi connectivity index (χ0) is 36.7. The van der Waals surface area contributed by atoms with Crippen LogP contribution < -0.4 is 5.32 Å². The van der Waals surface area contributed by atoms with Gasteiger partial charge in [0.25, 0.3) is 0 Å². The van der Waals surface area contributed by atoms with E-state index in [-0.39, 0.29) is 24.2 Å². The molecule has 6 heteroatoms. The second kappa shape index (κ2) is 31.4. The number of hydrogen-bond acceptors (Lipinski definition) is 4. The molecule has 0 aromatic rings. The van der Waals surface area contributed by atoms with Crippen molar-refractivity contribution in [1.29, 1.82) is 0 Å². The van der Waals surface area contributed by atoms with Gasteiger partial charge < -0.3 is 14.8 Å². The van der Waals surface area contributed by atoms with E-state index in [2.05, 4.69) is 90.6 Å². The third-order valence-electron chi connectivity index (χ3n) is 10.5. The van der Waals surface area contributed by atoms with Crippen LogP contribution in [0.15, 0.2) is 48.6 Å². The monoisotopic (exact) mass is 823 g/mol. The number of ether oxygens (including phenoxy) is 2. The number of fused-ring (bicyclic) bond motifs is 1. The zero-order valence-corrected chi connectivity index (χ0v) is 35.6.